The summed E-state index contributed by atoms with van der Waals surface area (Å²) in [4.78, 5) is 22.5. The largest absolute Gasteiger partial charge is 0.482 e. The highest BCUT2D eigenvalue weighted by molar-refractivity contribution is 6.32. The van der Waals surface area contributed by atoms with Gasteiger partial charge in [-0.3, -0.25) is 10.1 Å². The summed E-state index contributed by atoms with van der Waals surface area (Å²) in [5, 5.41) is 4.62. The zero-order valence-electron chi connectivity index (χ0n) is 10.3. The third-order valence-corrected chi connectivity index (χ3v) is 2.34. The molecule has 0 aliphatic heterocycles. The summed E-state index contributed by atoms with van der Waals surface area (Å²) in [6.07, 6.45) is 0.767. The van der Waals surface area contributed by atoms with Gasteiger partial charge in [0, 0.05) is 6.54 Å². The maximum Gasteiger partial charge on any atom is 0.321 e. The Kier molecular flexibility index (Phi) is 6.08. The molecule has 0 fully saturated rings. The lowest BCUT2D eigenvalue weighted by Gasteiger charge is -2.08. The third-order valence-electron chi connectivity index (χ3n) is 2.04. The van der Waals surface area contributed by atoms with Gasteiger partial charge >= 0.3 is 6.03 Å². The number of carbonyl (C=O) groups excluding carboxylic acids is 2. The number of hydrogen-bond acceptors (Lipinski definition) is 3. The van der Waals surface area contributed by atoms with Crippen LogP contribution in [0.2, 0.25) is 5.02 Å². The van der Waals surface area contributed by atoms with E-state index in [2.05, 4.69) is 10.6 Å². The highest BCUT2D eigenvalue weighted by atomic mass is 35.5. The topological polar surface area (TPSA) is 67.4 Å². The molecule has 7 heteroatoms. The monoisotopic (exact) mass is 288 g/mol. The summed E-state index contributed by atoms with van der Waals surface area (Å²) in [6, 6.07) is 2.96. The van der Waals surface area contributed by atoms with E-state index in [1.807, 2.05) is 6.92 Å². The van der Waals surface area contributed by atoms with Crippen LogP contribution in [0.15, 0.2) is 18.2 Å². The minimum atomic E-state index is -0.617. The maximum absolute atomic E-state index is 12.8. The number of carbonyl (C=O) groups is 2. The van der Waals surface area contributed by atoms with Gasteiger partial charge in [-0.2, -0.15) is 0 Å². The van der Waals surface area contributed by atoms with E-state index in [0.29, 0.717) is 6.54 Å². The first-order valence-electron chi connectivity index (χ1n) is 5.68. The Bertz CT molecular complexity index is 468. The normalized spacial score (nSPS) is 9.84. The summed E-state index contributed by atoms with van der Waals surface area (Å²) in [6.45, 7) is 1.98. The first-order chi connectivity index (χ1) is 9.02. The number of benzene rings is 1. The Balaban J connectivity index is 2.39. The fourth-order valence-corrected chi connectivity index (χ4v) is 1.40. The van der Waals surface area contributed by atoms with Crippen molar-refractivity contribution in [2.24, 2.45) is 0 Å². The third kappa shape index (κ3) is 5.56. The van der Waals surface area contributed by atoms with Gasteiger partial charge in [-0.05, 0) is 24.6 Å². The van der Waals surface area contributed by atoms with Crippen molar-refractivity contribution in [1.82, 2.24) is 10.6 Å². The second-order valence-electron chi connectivity index (χ2n) is 3.67. The number of rotatable bonds is 5. The van der Waals surface area contributed by atoms with Gasteiger partial charge in [-0.15, -0.1) is 0 Å². The number of amides is 3. The number of urea groups is 1. The first-order valence-corrected chi connectivity index (χ1v) is 6.06. The Morgan fingerprint density at radius 3 is 2.79 bits per heavy atom. The van der Waals surface area contributed by atoms with E-state index in [0.717, 1.165) is 18.6 Å². The van der Waals surface area contributed by atoms with Crippen molar-refractivity contribution in [2.45, 2.75) is 13.3 Å². The van der Waals surface area contributed by atoms with Crippen LogP contribution in [0, 0.1) is 5.82 Å². The van der Waals surface area contributed by atoms with Crippen LogP contribution in [0.25, 0.3) is 0 Å². The molecule has 1 aromatic rings. The molecule has 0 saturated carbocycles. The molecule has 1 rings (SSSR count). The molecule has 0 unspecified atom stereocenters. The van der Waals surface area contributed by atoms with Crippen LogP contribution in [0.4, 0.5) is 9.18 Å². The highest BCUT2D eigenvalue weighted by Gasteiger charge is 2.09. The van der Waals surface area contributed by atoms with E-state index >= 15 is 0 Å². The van der Waals surface area contributed by atoms with E-state index < -0.39 is 17.8 Å². The molecule has 3 amide bonds. The SMILES string of the molecule is CCCNC(=O)NC(=O)COc1ccc(F)cc1Cl. The van der Waals surface area contributed by atoms with Crippen LogP contribution < -0.4 is 15.4 Å². The second-order valence-corrected chi connectivity index (χ2v) is 4.07. The summed E-state index contributed by atoms with van der Waals surface area (Å²) in [5.74, 6) is -0.943. The first kappa shape index (κ1) is 15.2. The molecular formula is C12H14ClFN2O3. The van der Waals surface area contributed by atoms with Crippen molar-refractivity contribution in [2.75, 3.05) is 13.2 Å². The van der Waals surface area contributed by atoms with Gasteiger partial charge in [0.15, 0.2) is 6.61 Å². The van der Waals surface area contributed by atoms with Gasteiger partial charge in [0.2, 0.25) is 0 Å². The van der Waals surface area contributed by atoms with E-state index in [1.165, 1.54) is 6.07 Å². The number of ether oxygens (including phenoxy) is 1. The molecule has 19 heavy (non-hydrogen) atoms. The fraction of sp³-hybridized carbons (Fsp3) is 0.333. The lowest BCUT2D eigenvalue weighted by Crippen LogP contribution is -2.41. The molecule has 0 aliphatic carbocycles. The number of halogens is 2. The van der Waals surface area contributed by atoms with Gasteiger partial charge in [0.25, 0.3) is 5.91 Å². The maximum atomic E-state index is 12.8. The molecule has 0 aromatic heterocycles. The van der Waals surface area contributed by atoms with Crippen molar-refractivity contribution < 1.29 is 18.7 Å². The van der Waals surface area contributed by atoms with E-state index in [-0.39, 0.29) is 17.4 Å². The quantitative estimate of drug-likeness (QED) is 0.872. The molecule has 104 valence electrons. The van der Waals surface area contributed by atoms with Crippen LogP contribution in [-0.4, -0.2) is 25.1 Å². The predicted octanol–water partition coefficient (Wildman–Crippen LogP) is 2.09. The van der Waals surface area contributed by atoms with E-state index in [1.54, 1.807) is 0 Å². The van der Waals surface area contributed by atoms with E-state index in [9.17, 15) is 14.0 Å². The van der Waals surface area contributed by atoms with Crippen LogP contribution >= 0.6 is 11.6 Å². The standard InChI is InChI=1S/C12H14ClFN2O3/c1-2-5-15-12(18)16-11(17)7-19-10-4-3-8(14)6-9(10)13/h3-4,6H,2,5,7H2,1H3,(H2,15,16,17,18). The van der Waals surface area contributed by atoms with Crippen molar-refractivity contribution >= 4 is 23.5 Å². The zero-order valence-corrected chi connectivity index (χ0v) is 11.1. The van der Waals surface area contributed by atoms with Crippen molar-refractivity contribution in [1.29, 1.82) is 0 Å². The number of nitrogens with one attached hydrogen (secondary N) is 2. The molecule has 0 aliphatic rings. The van der Waals surface area contributed by atoms with Gasteiger partial charge < -0.3 is 10.1 Å². The molecule has 0 spiro atoms. The molecule has 0 atom stereocenters. The van der Waals surface area contributed by atoms with Crippen LogP contribution in [0.1, 0.15) is 13.3 Å². The smallest absolute Gasteiger partial charge is 0.321 e. The van der Waals surface area contributed by atoms with Gasteiger partial charge in [-0.1, -0.05) is 18.5 Å². The molecule has 0 heterocycles. The predicted molar refractivity (Wildman–Crippen MR) is 68.7 cm³/mol. The molecule has 5 nitrogen and oxygen atoms in total. The summed E-state index contributed by atoms with van der Waals surface area (Å²) in [5.41, 5.74) is 0. The van der Waals surface area contributed by atoms with Gasteiger partial charge in [0.05, 0.1) is 5.02 Å². The van der Waals surface area contributed by atoms with Crippen LogP contribution in [0.5, 0.6) is 5.75 Å². The fourth-order valence-electron chi connectivity index (χ4n) is 1.18. The minimum Gasteiger partial charge on any atom is -0.482 e. The molecule has 0 bridgehead atoms. The Morgan fingerprint density at radius 2 is 2.16 bits per heavy atom. The van der Waals surface area contributed by atoms with Crippen LogP contribution in [0.3, 0.4) is 0 Å². The average Bonchev–Trinajstić information content (AvgIpc) is 2.35. The lowest BCUT2D eigenvalue weighted by atomic mass is 10.3. The Labute approximate surface area is 115 Å². The van der Waals surface area contributed by atoms with Gasteiger partial charge in [0.1, 0.15) is 11.6 Å². The minimum absolute atomic E-state index is 0.0586. The molecular weight excluding hydrogens is 275 g/mol. The zero-order chi connectivity index (χ0) is 14.3. The van der Waals surface area contributed by atoms with E-state index in [4.69, 9.17) is 16.3 Å². The van der Waals surface area contributed by atoms with Crippen molar-refractivity contribution in [3.63, 3.8) is 0 Å². The molecule has 2 N–H and O–H groups in total. The highest BCUT2D eigenvalue weighted by Crippen LogP contribution is 2.24. The Hall–Kier alpha value is -1.82. The number of hydrogen-bond donors (Lipinski definition) is 2. The van der Waals surface area contributed by atoms with Crippen molar-refractivity contribution in [3.8, 4) is 5.75 Å². The summed E-state index contributed by atoms with van der Waals surface area (Å²) < 4.78 is 17.8. The molecule has 0 saturated heterocycles. The summed E-state index contributed by atoms with van der Waals surface area (Å²) in [7, 11) is 0. The second kappa shape index (κ2) is 7.58. The Morgan fingerprint density at radius 1 is 1.42 bits per heavy atom. The average molecular weight is 289 g/mol. The molecule has 0 radical (unpaired) electrons. The number of imide groups is 1. The van der Waals surface area contributed by atoms with Crippen molar-refractivity contribution in [3.05, 3.63) is 29.0 Å². The van der Waals surface area contributed by atoms with Crippen LogP contribution in [-0.2, 0) is 4.79 Å². The summed E-state index contributed by atoms with van der Waals surface area (Å²) >= 11 is 5.71. The lowest BCUT2D eigenvalue weighted by molar-refractivity contribution is -0.122. The van der Waals surface area contributed by atoms with Gasteiger partial charge in [-0.25, -0.2) is 9.18 Å². The molecule has 1 aromatic carbocycles.